The van der Waals surface area contributed by atoms with Crippen LogP contribution in [0, 0.1) is 32.1 Å². The Morgan fingerprint density at radius 1 is 0.829 bits per heavy atom. The van der Waals surface area contributed by atoms with Gasteiger partial charge in [-0.15, -0.1) is 0 Å². The lowest BCUT2D eigenvalue weighted by atomic mass is 9.79. The summed E-state index contributed by atoms with van der Waals surface area (Å²) in [7, 11) is 0. The maximum atomic E-state index is 12.0. The van der Waals surface area contributed by atoms with E-state index in [-0.39, 0.29) is 27.3 Å². The number of allylic oxidation sites excluding steroid dienone is 3. The van der Waals surface area contributed by atoms with Crippen molar-refractivity contribution < 1.29 is 9.85 Å². The molecule has 0 aromatic heterocycles. The topological polar surface area (TPSA) is 92.8 Å². The molecule has 4 rings (SSSR count). The highest BCUT2D eigenvalue weighted by Gasteiger charge is 2.48. The second-order valence-corrected chi connectivity index (χ2v) is 13.3. The molecule has 2 aliphatic heterocycles. The Bertz CT molecular complexity index is 1390. The van der Waals surface area contributed by atoms with Crippen molar-refractivity contribution in [3.05, 3.63) is 91.7 Å². The molecule has 0 bridgehead atoms. The lowest BCUT2D eigenvalue weighted by Crippen LogP contribution is -2.40. The van der Waals surface area contributed by atoms with Gasteiger partial charge in [-0.3, -0.25) is 20.2 Å². The van der Waals surface area contributed by atoms with Crippen LogP contribution in [0.5, 0.6) is 0 Å². The zero-order valence-corrected chi connectivity index (χ0v) is 25.7. The van der Waals surface area contributed by atoms with Crippen LogP contribution in [0.15, 0.2) is 60.3 Å². The maximum absolute atomic E-state index is 12.0. The number of benzene rings is 2. The smallest absolute Gasteiger partial charge is 0.275 e. The quantitative estimate of drug-likeness (QED) is 0.214. The molecular formula is C33H44N4O4. The van der Waals surface area contributed by atoms with Gasteiger partial charge in [0.05, 0.1) is 32.7 Å². The minimum atomic E-state index is -0.565. The van der Waals surface area contributed by atoms with Crippen molar-refractivity contribution in [1.82, 2.24) is 0 Å². The fourth-order valence-corrected chi connectivity index (χ4v) is 6.59. The predicted octanol–water partition coefficient (Wildman–Crippen LogP) is 8.30. The number of nitrogens with zero attached hydrogens (tertiary/aromatic N) is 4. The molecular weight excluding hydrogens is 516 g/mol. The summed E-state index contributed by atoms with van der Waals surface area (Å²) in [6.45, 7) is 18.6. The van der Waals surface area contributed by atoms with Crippen LogP contribution >= 0.6 is 0 Å². The fourth-order valence-electron chi connectivity index (χ4n) is 6.59. The van der Waals surface area contributed by atoms with Gasteiger partial charge in [-0.05, 0) is 56.7 Å². The molecule has 41 heavy (non-hydrogen) atoms. The average Bonchev–Trinajstić information content (AvgIpc) is 3.24. The van der Waals surface area contributed by atoms with E-state index >= 15 is 0 Å². The standard InChI is InChI=1S/C33H44N4O4/c1-22(2)18-20-34-24-12-9-14-26(36(38)39)30(24)32(5,6)28(34)16-11-17-29-33(7,8)31-25(35(29)21-19-23(3)4)13-10-15-27(31)37(40)41/h9-17,22-23,28H,18-21H2,1-8H3/b16-11+,29-17+. The average molecular weight is 561 g/mol. The van der Waals surface area contributed by atoms with Crippen LogP contribution < -0.4 is 9.80 Å². The molecule has 220 valence electrons. The zero-order chi connectivity index (χ0) is 30.3. The van der Waals surface area contributed by atoms with Gasteiger partial charge in [0.1, 0.15) is 0 Å². The van der Waals surface area contributed by atoms with Crippen LogP contribution in [-0.2, 0) is 10.8 Å². The van der Waals surface area contributed by atoms with Gasteiger partial charge in [0.2, 0.25) is 0 Å². The van der Waals surface area contributed by atoms with E-state index in [0.717, 1.165) is 54.1 Å². The zero-order valence-electron chi connectivity index (χ0n) is 25.7. The molecule has 2 aromatic rings. The number of fused-ring (bicyclic) bond motifs is 2. The van der Waals surface area contributed by atoms with Crippen molar-refractivity contribution >= 4 is 22.7 Å². The molecule has 8 heteroatoms. The Morgan fingerprint density at radius 3 is 1.93 bits per heavy atom. The van der Waals surface area contributed by atoms with Gasteiger partial charge in [-0.2, -0.15) is 0 Å². The highest BCUT2D eigenvalue weighted by molar-refractivity contribution is 5.76. The van der Waals surface area contributed by atoms with E-state index in [1.54, 1.807) is 24.3 Å². The summed E-state index contributed by atoms with van der Waals surface area (Å²) in [6.07, 6.45) is 8.24. The molecule has 2 heterocycles. The molecule has 1 atom stereocenters. The van der Waals surface area contributed by atoms with E-state index in [9.17, 15) is 20.2 Å². The van der Waals surface area contributed by atoms with Crippen LogP contribution in [0.2, 0.25) is 0 Å². The van der Waals surface area contributed by atoms with Crippen LogP contribution in [0.25, 0.3) is 0 Å². The third kappa shape index (κ3) is 5.48. The van der Waals surface area contributed by atoms with Gasteiger partial charge >= 0.3 is 0 Å². The lowest BCUT2D eigenvalue weighted by Gasteiger charge is -2.33. The predicted molar refractivity (Wildman–Crippen MR) is 167 cm³/mol. The van der Waals surface area contributed by atoms with Gasteiger partial charge in [-0.1, -0.05) is 65.8 Å². The number of nitro benzene ring substituents is 2. The molecule has 0 amide bonds. The van der Waals surface area contributed by atoms with Crippen molar-refractivity contribution in [2.75, 3.05) is 22.9 Å². The van der Waals surface area contributed by atoms with Crippen LogP contribution in [0.4, 0.5) is 22.7 Å². The Hall–Kier alpha value is -3.68. The molecule has 2 aliphatic rings. The normalized spacial score (nSPS) is 20.0. The van der Waals surface area contributed by atoms with E-state index in [2.05, 4.69) is 83.4 Å². The van der Waals surface area contributed by atoms with Gasteiger partial charge in [0.25, 0.3) is 11.4 Å². The van der Waals surface area contributed by atoms with Crippen LogP contribution in [-0.4, -0.2) is 29.0 Å². The van der Waals surface area contributed by atoms with Gasteiger partial charge in [0.15, 0.2) is 0 Å². The number of anilines is 2. The van der Waals surface area contributed by atoms with Crippen molar-refractivity contribution in [2.45, 2.75) is 85.1 Å². The third-order valence-corrected chi connectivity index (χ3v) is 8.74. The lowest BCUT2D eigenvalue weighted by molar-refractivity contribution is -0.386. The first-order chi connectivity index (χ1) is 19.2. The first-order valence-corrected chi connectivity index (χ1v) is 14.7. The molecule has 0 saturated heterocycles. The fraction of sp³-hybridized carbons (Fsp3) is 0.515. The van der Waals surface area contributed by atoms with Crippen LogP contribution in [0.1, 0.15) is 79.4 Å². The minimum Gasteiger partial charge on any atom is -0.364 e. The number of rotatable bonds is 10. The van der Waals surface area contributed by atoms with E-state index < -0.39 is 10.8 Å². The summed E-state index contributed by atoms with van der Waals surface area (Å²) >= 11 is 0. The summed E-state index contributed by atoms with van der Waals surface area (Å²) in [5.74, 6) is 0.983. The van der Waals surface area contributed by atoms with Crippen molar-refractivity contribution in [3.63, 3.8) is 0 Å². The molecule has 8 nitrogen and oxygen atoms in total. The summed E-state index contributed by atoms with van der Waals surface area (Å²) in [4.78, 5) is 28.0. The molecule has 0 spiro atoms. The first-order valence-electron chi connectivity index (χ1n) is 14.7. The molecule has 0 radical (unpaired) electrons. The first kappa shape index (κ1) is 30.3. The highest BCUT2D eigenvalue weighted by atomic mass is 16.6. The summed E-state index contributed by atoms with van der Waals surface area (Å²) in [5.41, 5.74) is 3.62. The SMILES string of the molecule is CC(C)CCN1/C(=C/C=C/C2N(CCC(C)C)c3cccc([N+](=O)[O-])c3C2(C)C)C(C)(C)c2c1cccc2[N+](=O)[O-]. The second kappa shape index (κ2) is 11.3. The monoisotopic (exact) mass is 560 g/mol. The number of hydrogen-bond acceptors (Lipinski definition) is 6. The second-order valence-electron chi connectivity index (χ2n) is 13.3. The van der Waals surface area contributed by atoms with Crippen molar-refractivity contribution in [1.29, 1.82) is 0 Å². The summed E-state index contributed by atoms with van der Waals surface area (Å²) < 4.78 is 0. The summed E-state index contributed by atoms with van der Waals surface area (Å²) in [5, 5.41) is 24.0. The Balaban J connectivity index is 1.79. The van der Waals surface area contributed by atoms with Gasteiger partial charge in [0, 0.05) is 47.4 Å². The van der Waals surface area contributed by atoms with Crippen molar-refractivity contribution in [3.8, 4) is 0 Å². The van der Waals surface area contributed by atoms with E-state index in [4.69, 9.17) is 0 Å². The molecule has 2 aromatic carbocycles. The Kier molecular flexibility index (Phi) is 8.35. The number of hydrogen-bond donors (Lipinski definition) is 0. The third-order valence-electron chi connectivity index (χ3n) is 8.74. The van der Waals surface area contributed by atoms with Gasteiger partial charge < -0.3 is 9.80 Å². The largest absolute Gasteiger partial charge is 0.364 e. The van der Waals surface area contributed by atoms with Gasteiger partial charge in [-0.25, -0.2) is 0 Å². The maximum Gasteiger partial charge on any atom is 0.275 e. The molecule has 0 fully saturated rings. The Labute approximate surface area is 244 Å². The number of nitro groups is 2. The molecule has 0 saturated carbocycles. The van der Waals surface area contributed by atoms with E-state index in [1.165, 1.54) is 0 Å². The van der Waals surface area contributed by atoms with E-state index in [0.29, 0.717) is 11.8 Å². The van der Waals surface area contributed by atoms with Crippen LogP contribution in [0.3, 0.4) is 0 Å². The molecule has 0 aliphatic carbocycles. The summed E-state index contributed by atoms with van der Waals surface area (Å²) in [6, 6.07) is 10.6. The Morgan fingerprint density at radius 2 is 1.37 bits per heavy atom. The van der Waals surface area contributed by atoms with Crippen molar-refractivity contribution in [2.24, 2.45) is 11.8 Å². The van der Waals surface area contributed by atoms with E-state index in [1.807, 2.05) is 12.1 Å². The molecule has 0 N–H and O–H groups in total. The highest BCUT2D eigenvalue weighted by Crippen LogP contribution is 2.52. The molecule has 1 unspecified atom stereocenters. The minimum absolute atomic E-state index is 0.0838.